The van der Waals surface area contributed by atoms with E-state index in [1.54, 1.807) is 17.6 Å². The highest BCUT2D eigenvalue weighted by atomic mass is 32.2. The van der Waals surface area contributed by atoms with Crippen molar-refractivity contribution >= 4 is 62.4 Å². The first-order valence-corrected chi connectivity index (χ1v) is 13.6. The van der Waals surface area contributed by atoms with Crippen LogP contribution >= 0.6 is 23.1 Å². The van der Waals surface area contributed by atoms with Gasteiger partial charge in [0, 0.05) is 24.1 Å². The molecule has 6 rings (SSSR count). The van der Waals surface area contributed by atoms with Crippen LogP contribution in [-0.2, 0) is 11.3 Å². The molecular formula is C28H21N5O4S2. The van der Waals surface area contributed by atoms with Gasteiger partial charge in [0.05, 0.1) is 34.1 Å². The third-order valence-electron chi connectivity index (χ3n) is 6.52. The number of carbonyl (C=O) groups is 1. The van der Waals surface area contributed by atoms with Crippen molar-refractivity contribution < 1.29 is 9.72 Å². The molecular weight excluding hydrogens is 534 g/mol. The number of amides is 1. The summed E-state index contributed by atoms with van der Waals surface area (Å²) >= 11 is 2.79. The van der Waals surface area contributed by atoms with Crippen LogP contribution < -0.4 is 24.7 Å². The van der Waals surface area contributed by atoms with Crippen molar-refractivity contribution in [2.24, 2.45) is 5.10 Å². The zero-order valence-electron chi connectivity index (χ0n) is 20.9. The molecule has 0 radical (unpaired) electrons. The smallest absolute Gasteiger partial charge is 0.283 e. The van der Waals surface area contributed by atoms with Gasteiger partial charge in [-0.1, -0.05) is 60.3 Å². The van der Waals surface area contributed by atoms with Gasteiger partial charge in [0.25, 0.3) is 17.2 Å². The minimum Gasteiger partial charge on any atom is -0.337 e. The number of fused-ring (bicyclic) bond motifs is 1. The van der Waals surface area contributed by atoms with E-state index in [-0.39, 0.29) is 23.5 Å². The molecule has 2 aliphatic heterocycles. The number of nitro groups is 1. The summed E-state index contributed by atoms with van der Waals surface area (Å²) in [5.74, 6) is -0.441. The molecule has 0 fully saturated rings. The van der Waals surface area contributed by atoms with E-state index < -0.39 is 10.8 Å². The van der Waals surface area contributed by atoms with Crippen molar-refractivity contribution in [1.29, 1.82) is 0 Å². The number of non-ortho nitro benzene ring substituents is 1. The highest BCUT2D eigenvalue weighted by Crippen LogP contribution is 2.45. The Hall–Kier alpha value is -4.48. The van der Waals surface area contributed by atoms with Crippen LogP contribution in [0.15, 0.2) is 93.7 Å². The summed E-state index contributed by atoms with van der Waals surface area (Å²) in [4.78, 5) is 41.6. The molecule has 39 heavy (non-hydrogen) atoms. The van der Waals surface area contributed by atoms with Gasteiger partial charge in [0.15, 0.2) is 0 Å². The second kappa shape index (κ2) is 9.68. The number of nitrogens with zero attached hydrogens (tertiary/aromatic N) is 5. The average Bonchev–Trinajstić information content (AvgIpc) is 3.55. The molecule has 0 saturated carbocycles. The van der Waals surface area contributed by atoms with E-state index in [0.717, 1.165) is 26.2 Å². The highest BCUT2D eigenvalue weighted by Gasteiger charge is 2.33. The number of rotatable bonds is 4. The molecule has 0 saturated heterocycles. The minimum absolute atomic E-state index is 0.140. The van der Waals surface area contributed by atoms with E-state index in [4.69, 9.17) is 0 Å². The molecule has 3 heterocycles. The number of aromatic nitrogens is 1. The van der Waals surface area contributed by atoms with Crippen molar-refractivity contribution in [3.8, 4) is 0 Å². The molecule has 0 unspecified atom stereocenters. The summed E-state index contributed by atoms with van der Waals surface area (Å²) in [6.07, 6.45) is 0. The standard InChI is InChI=1S/C28H21N5O4S2/c1-17-23(25(34)32(29-17)19-11-8-12-20(15-19)33(36)37)27-31(16-18-9-4-3-5-10-18)26(35)24(39-27)28-30(2)21-13-6-7-14-22(21)38-28/h3-15H,16H2,1-2H3. The maximum Gasteiger partial charge on any atom is 0.283 e. The summed E-state index contributed by atoms with van der Waals surface area (Å²) in [6.45, 7) is 1.99. The molecule has 194 valence electrons. The number of hydrazone groups is 1. The predicted molar refractivity (Wildman–Crippen MR) is 155 cm³/mol. The van der Waals surface area contributed by atoms with Crippen LogP contribution in [0.1, 0.15) is 12.5 Å². The molecule has 2 aliphatic rings. The first kappa shape index (κ1) is 24.8. The lowest BCUT2D eigenvalue weighted by molar-refractivity contribution is -0.384. The van der Waals surface area contributed by atoms with Crippen molar-refractivity contribution in [1.82, 2.24) is 4.57 Å². The normalized spacial score (nSPS) is 17.5. The van der Waals surface area contributed by atoms with Gasteiger partial charge < -0.3 is 4.90 Å². The van der Waals surface area contributed by atoms with Gasteiger partial charge >= 0.3 is 0 Å². The largest absolute Gasteiger partial charge is 0.337 e. The Kier molecular flexibility index (Phi) is 6.16. The molecule has 4 aromatic rings. The van der Waals surface area contributed by atoms with E-state index >= 15 is 0 Å². The molecule has 3 aromatic carbocycles. The van der Waals surface area contributed by atoms with Crippen molar-refractivity contribution in [2.75, 3.05) is 17.0 Å². The number of nitro benzene ring substituents is 1. The minimum atomic E-state index is -0.515. The van der Waals surface area contributed by atoms with Gasteiger partial charge in [-0.15, -0.1) is 11.3 Å². The fourth-order valence-electron chi connectivity index (χ4n) is 4.61. The number of thioether (sulfide) groups is 1. The third-order valence-corrected chi connectivity index (χ3v) is 9.07. The van der Waals surface area contributed by atoms with Gasteiger partial charge in [-0.3, -0.25) is 24.3 Å². The van der Waals surface area contributed by atoms with Crippen molar-refractivity contribution in [3.05, 3.63) is 114 Å². The second-order valence-electron chi connectivity index (χ2n) is 9.00. The summed E-state index contributed by atoms with van der Waals surface area (Å²) in [6, 6.07) is 23.3. The van der Waals surface area contributed by atoms with Gasteiger partial charge in [-0.2, -0.15) is 10.1 Å². The Morgan fingerprint density at radius 1 is 0.974 bits per heavy atom. The number of para-hydroxylation sites is 1. The van der Waals surface area contributed by atoms with Crippen LogP contribution in [0.5, 0.6) is 0 Å². The first-order chi connectivity index (χ1) is 18.8. The van der Waals surface area contributed by atoms with Gasteiger partial charge in [-0.25, -0.2) is 0 Å². The number of carbonyl (C=O) groups excluding carboxylic acids is 1. The second-order valence-corrected chi connectivity index (χ2v) is 11.0. The predicted octanol–water partition coefficient (Wildman–Crippen LogP) is 3.75. The van der Waals surface area contributed by atoms with Crippen LogP contribution in [0.3, 0.4) is 0 Å². The number of anilines is 2. The van der Waals surface area contributed by atoms with E-state index in [0.29, 0.717) is 20.5 Å². The molecule has 9 nitrogen and oxygen atoms in total. The summed E-state index contributed by atoms with van der Waals surface area (Å²) in [5.41, 5.74) is 2.62. The lowest BCUT2D eigenvalue weighted by Crippen LogP contribution is -2.36. The van der Waals surface area contributed by atoms with E-state index in [9.17, 15) is 19.7 Å². The Morgan fingerprint density at radius 3 is 2.46 bits per heavy atom. The van der Waals surface area contributed by atoms with Crippen LogP contribution in [-0.4, -0.2) is 28.2 Å². The zero-order chi connectivity index (χ0) is 27.3. The number of hydrogen-bond acceptors (Lipinski definition) is 8. The third kappa shape index (κ3) is 4.25. The Balaban J connectivity index is 1.57. The highest BCUT2D eigenvalue weighted by molar-refractivity contribution is 8.08. The number of benzene rings is 3. The monoisotopic (exact) mass is 555 g/mol. The molecule has 0 N–H and O–H groups in total. The molecule has 0 aliphatic carbocycles. The molecule has 0 bridgehead atoms. The van der Waals surface area contributed by atoms with Crippen molar-refractivity contribution in [2.45, 2.75) is 18.4 Å². The van der Waals surface area contributed by atoms with Crippen LogP contribution in [0.4, 0.5) is 17.1 Å². The molecule has 0 atom stereocenters. The Morgan fingerprint density at radius 2 is 1.72 bits per heavy atom. The van der Waals surface area contributed by atoms with Crippen LogP contribution in [0.2, 0.25) is 0 Å². The Bertz CT molecular complexity index is 1880. The van der Waals surface area contributed by atoms with E-state index in [1.165, 1.54) is 41.3 Å². The van der Waals surface area contributed by atoms with Crippen molar-refractivity contribution in [3.63, 3.8) is 0 Å². The quantitative estimate of drug-likeness (QED) is 0.281. The fourth-order valence-corrected chi connectivity index (χ4v) is 7.15. The topological polar surface area (TPSA) is 101 Å². The average molecular weight is 556 g/mol. The molecule has 1 amide bonds. The maximum atomic E-state index is 14.0. The summed E-state index contributed by atoms with van der Waals surface area (Å²) < 4.78 is 2.66. The SMILES string of the molecule is CC1=NN(c2cccc([N+](=O)[O-])c2)C(=O)C1=c1sc(=C2Sc3ccccc3N2C)c(=O)n1Cc1ccccc1. The van der Waals surface area contributed by atoms with Gasteiger partial charge in [-0.05, 0) is 30.7 Å². The zero-order valence-corrected chi connectivity index (χ0v) is 22.5. The Labute approximate surface area is 230 Å². The van der Waals surface area contributed by atoms with Gasteiger partial charge in [0.2, 0.25) is 0 Å². The summed E-state index contributed by atoms with van der Waals surface area (Å²) in [5, 5.41) is 17.7. The van der Waals surface area contributed by atoms with E-state index in [1.807, 2.05) is 66.5 Å². The number of thiazole rings is 1. The van der Waals surface area contributed by atoms with Crippen LogP contribution in [0.25, 0.3) is 10.6 Å². The summed E-state index contributed by atoms with van der Waals surface area (Å²) in [7, 11) is 1.93. The lowest BCUT2D eigenvalue weighted by atomic mass is 10.2. The fraction of sp³-hybridized carbons (Fsp3) is 0.107. The van der Waals surface area contributed by atoms with E-state index in [2.05, 4.69) is 5.10 Å². The van der Waals surface area contributed by atoms with Gasteiger partial charge in [0.1, 0.15) is 14.2 Å². The number of hydrogen-bond donors (Lipinski definition) is 0. The van der Waals surface area contributed by atoms with Crippen LogP contribution in [0, 0.1) is 10.1 Å². The molecule has 0 spiro atoms. The lowest BCUT2D eigenvalue weighted by Gasteiger charge is -2.11. The molecule has 1 aromatic heterocycles. The molecule has 11 heteroatoms. The maximum absolute atomic E-state index is 14.0. The first-order valence-electron chi connectivity index (χ1n) is 12.0.